The fourth-order valence-corrected chi connectivity index (χ4v) is 5.01. The minimum absolute atomic E-state index is 0.0458. The first-order valence-electron chi connectivity index (χ1n) is 13.9. The van der Waals surface area contributed by atoms with Crippen LogP contribution < -0.4 is 10.5 Å². The third kappa shape index (κ3) is 5.80. The van der Waals surface area contributed by atoms with Gasteiger partial charge >= 0.3 is 0 Å². The van der Waals surface area contributed by atoms with Crippen LogP contribution in [0.25, 0.3) is 22.3 Å². The molecule has 1 saturated heterocycles. The van der Waals surface area contributed by atoms with Crippen molar-refractivity contribution in [3.05, 3.63) is 71.8 Å². The van der Waals surface area contributed by atoms with E-state index in [1.807, 2.05) is 32.8 Å². The fourth-order valence-electron chi connectivity index (χ4n) is 5.01. The van der Waals surface area contributed by atoms with Crippen LogP contribution in [0.4, 0.5) is 19.0 Å². The molecule has 3 heterocycles. The number of anilines is 1. The van der Waals surface area contributed by atoms with Crippen LogP contribution in [-0.2, 0) is 4.79 Å². The van der Waals surface area contributed by atoms with E-state index in [9.17, 15) is 18.8 Å². The topological polar surface area (TPSA) is 126 Å². The molecule has 1 atom stereocenters. The van der Waals surface area contributed by atoms with Gasteiger partial charge in [0.1, 0.15) is 41.0 Å². The minimum atomic E-state index is -1.19. The molecule has 1 amide bonds. The Hall–Kier alpha value is -4.96. The molecule has 2 aromatic heterocycles. The third-order valence-corrected chi connectivity index (χ3v) is 7.89. The summed E-state index contributed by atoms with van der Waals surface area (Å²) < 4.78 is 50.2. The van der Waals surface area contributed by atoms with Crippen LogP contribution in [0.5, 0.6) is 11.5 Å². The number of fused-ring (bicyclic) bond motifs is 1. The number of nitrogen functional groups attached to an aromatic ring is 1. The first kappa shape index (κ1) is 30.5. The summed E-state index contributed by atoms with van der Waals surface area (Å²) in [6, 6.07) is 9.00. The number of nitrogens with zero attached hydrogens (tertiary/aromatic N) is 7. The van der Waals surface area contributed by atoms with Crippen LogP contribution in [0, 0.1) is 28.8 Å². The molecule has 10 nitrogen and oxygen atoms in total. The van der Waals surface area contributed by atoms with E-state index in [4.69, 9.17) is 15.6 Å². The number of carbonyl (C=O) groups excluding carboxylic acids is 1. The lowest BCUT2D eigenvalue weighted by atomic mass is 9.98. The van der Waals surface area contributed by atoms with Gasteiger partial charge in [0.15, 0.2) is 17.2 Å². The number of nitrogens with two attached hydrogens (primary N) is 1. The van der Waals surface area contributed by atoms with E-state index < -0.39 is 23.0 Å². The second kappa shape index (κ2) is 12.0. The summed E-state index contributed by atoms with van der Waals surface area (Å²) >= 11 is 0. The summed E-state index contributed by atoms with van der Waals surface area (Å²) in [4.78, 5) is 25.4. The summed E-state index contributed by atoms with van der Waals surface area (Å²) in [7, 11) is 3.74. The predicted octanol–water partition coefficient (Wildman–Crippen LogP) is 5.24. The number of hydrogen-bond donors (Lipinski definition) is 1. The van der Waals surface area contributed by atoms with Crippen LogP contribution in [-0.4, -0.2) is 68.2 Å². The quantitative estimate of drug-likeness (QED) is 0.224. The first-order chi connectivity index (χ1) is 20.9. The van der Waals surface area contributed by atoms with Crippen LogP contribution in [0.2, 0.25) is 0 Å². The van der Waals surface area contributed by atoms with Gasteiger partial charge in [0.05, 0.1) is 11.4 Å². The van der Waals surface area contributed by atoms with E-state index in [0.29, 0.717) is 30.4 Å². The van der Waals surface area contributed by atoms with Crippen molar-refractivity contribution < 1.29 is 22.7 Å². The molecule has 5 rings (SSSR count). The van der Waals surface area contributed by atoms with Crippen molar-refractivity contribution >= 4 is 22.8 Å². The maximum Gasteiger partial charge on any atom is 0.264 e. The fraction of sp³-hybridized carbons (Fsp3) is 0.323. The summed E-state index contributed by atoms with van der Waals surface area (Å²) in [5, 5.41) is 14.8. The molecule has 0 bridgehead atoms. The van der Waals surface area contributed by atoms with Gasteiger partial charge in [-0.2, -0.15) is 14.8 Å². The highest BCUT2D eigenvalue weighted by atomic mass is 19.2. The molecule has 44 heavy (non-hydrogen) atoms. The second-order valence-corrected chi connectivity index (χ2v) is 11.3. The van der Waals surface area contributed by atoms with Gasteiger partial charge < -0.3 is 20.3 Å². The Morgan fingerprint density at radius 1 is 1.18 bits per heavy atom. The van der Waals surface area contributed by atoms with Crippen molar-refractivity contribution in [2.24, 2.45) is 0 Å². The number of piperidine rings is 1. The van der Waals surface area contributed by atoms with E-state index in [2.05, 4.69) is 16.0 Å². The standard InChI is InChI=1S/C31H31F3N8O2/c1-31(2,40(3)4)14-18(15-35)30(43)41-12-6-7-19(16-41)42-29-25(28(36)37-17-38-29)27(39-42)21-11-10-20(13-23(21)33)44-24-9-5-8-22(32)26(24)34/h5,8-11,13-14,17,19H,6-7,12,16H2,1-4H3,(H2,36,37,38)/b18-14-/t19-/m0/s1. The highest BCUT2D eigenvalue weighted by molar-refractivity contribution is 5.99. The predicted molar refractivity (Wildman–Crippen MR) is 158 cm³/mol. The Morgan fingerprint density at radius 3 is 2.66 bits per heavy atom. The van der Waals surface area contributed by atoms with Crippen molar-refractivity contribution in [1.29, 1.82) is 5.26 Å². The maximum absolute atomic E-state index is 15.5. The molecular weight excluding hydrogens is 573 g/mol. The lowest BCUT2D eigenvalue weighted by molar-refractivity contribution is -0.128. The van der Waals surface area contributed by atoms with E-state index in [0.717, 1.165) is 12.1 Å². The van der Waals surface area contributed by atoms with Crippen LogP contribution in [0.1, 0.15) is 32.7 Å². The molecule has 228 valence electrons. The molecule has 2 aromatic carbocycles. The Bertz CT molecular complexity index is 1810. The molecule has 1 fully saturated rings. The van der Waals surface area contributed by atoms with Gasteiger partial charge in [-0.05, 0) is 71.1 Å². The Labute approximate surface area is 252 Å². The first-order valence-corrected chi connectivity index (χ1v) is 13.9. The number of rotatable bonds is 7. The average molecular weight is 605 g/mol. The number of benzene rings is 2. The van der Waals surface area contributed by atoms with E-state index in [-0.39, 0.29) is 52.6 Å². The van der Waals surface area contributed by atoms with Gasteiger partial charge in [-0.3, -0.25) is 4.79 Å². The van der Waals surface area contributed by atoms with Gasteiger partial charge in [0, 0.05) is 30.3 Å². The average Bonchev–Trinajstić information content (AvgIpc) is 3.39. The van der Waals surface area contributed by atoms with Gasteiger partial charge in [-0.15, -0.1) is 0 Å². The number of hydrogen-bond acceptors (Lipinski definition) is 8. The van der Waals surface area contributed by atoms with Gasteiger partial charge in [0.25, 0.3) is 5.91 Å². The summed E-state index contributed by atoms with van der Waals surface area (Å²) in [5.74, 6) is -3.76. The molecule has 0 unspecified atom stereocenters. The van der Waals surface area contributed by atoms with E-state index in [1.165, 1.54) is 30.6 Å². The van der Waals surface area contributed by atoms with Crippen molar-refractivity contribution in [2.75, 3.05) is 32.9 Å². The zero-order chi connectivity index (χ0) is 31.8. The molecule has 13 heteroatoms. The number of carbonyl (C=O) groups is 1. The number of nitriles is 1. The van der Waals surface area contributed by atoms with E-state index >= 15 is 4.39 Å². The molecule has 0 spiro atoms. The maximum atomic E-state index is 15.5. The van der Waals surface area contributed by atoms with Gasteiger partial charge in [0.2, 0.25) is 5.82 Å². The summed E-state index contributed by atoms with van der Waals surface area (Å²) in [6.07, 6.45) is 4.23. The molecule has 1 aliphatic heterocycles. The molecule has 0 aliphatic carbocycles. The zero-order valence-corrected chi connectivity index (χ0v) is 24.7. The Kier molecular flexibility index (Phi) is 8.29. The minimum Gasteiger partial charge on any atom is -0.454 e. The third-order valence-electron chi connectivity index (χ3n) is 7.89. The molecular formula is C31H31F3N8O2. The van der Waals surface area contributed by atoms with E-state index in [1.54, 1.807) is 15.7 Å². The number of aromatic nitrogens is 4. The number of likely N-dealkylation sites (tertiary alicyclic amines) is 1. The highest BCUT2D eigenvalue weighted by Crippen LogP contribution is 2.37. The highest BCUT2D eigenvalue weighted by Gasteiger charge is 2.31. The number of ether oxygens (including phenoxy) is 1. The lowest BCUT2D eigenvalue weighted by Crippen LogP contribution is -2.43. The molecule has 1 aliphatic rings. The Morgan fingerprint density at radius 2 is 1.95 bits per heavy atom. The lowest BCUT2D eigenvalue weighted by Gasteiger charge is -2.34. The second-order valence-electron chi connectivity index (χ2n) is 11.3. The van der Waals surface area contributed by atoms with Crippen LogP contribution in [0.3, 0.4) is 0 Å². The van der Waals surface area contributed by atoms with Crippen LogP contribution in [0.15, 0.2) is 54.4 Å². The van der Waals surface area contributed by atoms with Gasteiger partial charge in [-0.25, -0.2) is 23.4 Å². The molecule has 0 saturated carbocycles. The van der Waals surface area contributed by atoms with Crippen molar-refractivity contribution in [3.8, 4) is 28.8 Å². The molecule has 2 N–H and O–H groups in total. The summed E-state index contributed by atoms with van der Waals surface area (Å²) in [5.41, 5.74) is 6.35. The van der Waals surface area contributed by atoms with Crippen molar-refractivity contribution in [1.82, 2.24) is 29.5 Å². The zero-order valence-electron chi connectivity index (χ0n) is 24.7. The SMILES string of the molecule is CN(C)C(C)(C)/C=C(/C#N)C(=O)N1CCC[C@H](n2nc(-c3ccc(Oc4cccc(F)c4F)cc3F)c3c(N)ncnc32)C1. The normalized spacial score (nSPS) is 15.9. The Balaban J connectivity index is 1.48. The monoisotopic (exact) mass is 604 g/mol. The summed E-state index contributed by atoms with van der Waals surface area (Å²) in [6.45, 7) is 4.53. The van der Waals surface area contributed by atoms with Crippen molar-refractivity contribution in [2.45, 2.75) is 38.3 Å². The molecule has 0 radical (unpaired) electrons. The number of likely N-dealkylation sites (N-methyl/N-ethyl adjacent to an activating group) is 1. The van der Waals surface area contributed by atoms with Crippen molar-refractivity contribution in [3.63, 3.8) is 0 Å². The van der Waals surface area contributed by atoms with Gasteiger partial charge in [-0.1, -0.05) is 6.07 Å². The largest absolute Gasteiger partial charge is 0.454 e. The van der Waals surface area contributed by atoms with Crippen LogP contribution >= 0.6 is 0 Å². The molecule has 4 aromatic rings. The smallest absolute Gasteiger partial charge is 0.264 e. The number of halogens is 3. The number of amides is 1.